The van der Waals surface area contributed by atoms with Gasteiger partial charge in [-0.15, -0.1) is 0 Å². The average Bonchev–Trinajstić information content (AvgIpc) is 2.40. The van der Waals surface area contributed by atoms with Crippen LogP contribution in [-0.4, -0.2) is 18.1 Å². The van der Waals surface area contributed by atoms with Crippen molar-refractivity contribution in [3.63, 3.8) is 0 Å². The Balaban J connectivity index is 2.07. The van der Waals surface area contributed by atoms with Gasteiger partial charge in [-0.3, -0.25) is 4.98 Å². The predicted octanol–water partition coefficient (Wildman–Crippen LogP) is 3.53. The molecule has 0 aliphatic carbocycles. The van der Waals surface area contributed by atoms with E-state index in [1.54, 1.807) is 0 Å². The highest BCUT2D eigenvalue weighted by atomic mass is 79.9. The monoisotopic (exact) mass is 318 g/mol. The predicted molar refractivity (Wildman–Crippen MR) is 83.4 cm³/mol. The smallest absolute Gasteiger partial charge is 0.0410 e. The zero-order valence-electron chi connectivity index (χ0n) is 11.4. The van der Waals surface area contributed by atoms with Gasteiger partial charge >= 0.3 is 0 Å². The first-order chi connectivity index (χ1) is 9.19. The minimum atomic E-state index is 0.428. The molecule has 1 aromatic heterocycles. The second-order valence-electron chi connectivity index (χ2n) is 4.83. The molecule has 1 heterocycles. The molecule has 0 saturated heterocycles. The van der Waals surface area contributed by atoms with Crippen molar-refractivity contribution in [2.75, 3.05) is 7.05 Å². The minimum absolute atomic E-state index is 0.428. The molecule has 0 saturated carbocycles. The number of hydrogen-bond donors (Lipinski definition) is 1. The molecule has 1 aromatic carbocycles. The molecule has 19 heavy (non-hydrogen) atoms. The maximum atomic E-state index is 4.22. The summed E-state index contributed by atoms with van der Waals surface area (Å²) >= 11 is 3.47. The largest absolute Gasteiger partial charge is 0.316 e. The Morgan fingerprint density at radius 3 is 2.68 bits per heavy atom. The van der Waals surface area contributed by atoms with Gasteiger partial charge in [0.25, 0.3) is 0 Å². The van der Waals surface area contributed by atoms with Gasteiger partial charge < -0.3 is 5.32 Å². The van der Waals surface area contributed by atoms with E-state index < -0.39 is 0 Å². The van der Waals surface area contributed by atoms with Gasteiger partial charge in [-0.25, -0.2) is 0 Å². The minimum Gasteiger partial charge on any atom is -0.316 e. The second kappa shape index (κ2) is 6.83. The van der Waals surface area contributed by atoms with Gasteiger partial charge in [0.1, 0.15) is 0 Å². The van der Waals surface area contributed by atoms with E-state index in [-0.39, 0.29) is 0 Å². The van der Waals surface area contributed by atoms with Crippen LogP contribution < -0.4 is 5.32 Å². The first-order valence-electron chi connectivity index (χ1n) is 6.50. The van der Waals surface area contributed by atoms with E-state index in [0.29, 0.717) is 6.04 Å². The fraction of sp³-hybridized carbons (Fsp3) is 0.312. The number of hydrogen-bond acceptors (Lipinski definition) is 2. The van der Waals surface area contributed by atoms with Gasteiger partial charge in [0.15, 0.2) is 0 Å². The molecule has 0 amide bonds. The summed E-state index contributed by atoms with van der Waals surface area (Å²) in [6, 6.07) is 11.1. The maximum absolute atomic E-state index is 4.22. The van der Waals surface area contributed by atoms with Crippen molar-refractivity contribution in [1.29, 1.82) is 0 Å². The molecule has 3 heteroatoms. The number of likely N-dealkylation sites (N-methyl/N-ethyl adjacent to an activating group) is 1. The lowest BCUT2D eigenvalue weighted by Gasteiger charge is -2.17. The zero-order valence-corrected chi connectivity index (χ0v) is 12.9. The van der Waals surface area contributed by atoms with E-state index in [4.69, 9.17) is 0 Å². The molecule has 1 unspecified atom stereocenters. The highest BCUT2D eigenvalue weighted by Crippen LogP contribution is 2.15. The van der Waals surface area contributed by atoms with E-state index in [1.807, 2.05) is 19.4 Å². The number of aromatic nitrogens is 1. The zero-order chi connectivity index (χ0) is 13.7. The summed E-state index contributed by atoms with van der Waals surface area (Å²) in [5.74, 6) is 0. The summed E-state index contributed by atoms with van der Waals surface area (Å²) < 4.78 is 1.04. The van der Waals surface area contributed by atoms with Crippen LogP contribution in [0.4, 0.5) is 0 Å². The van der Waals surface area contributed by atoms with E-state index >= 15 is 0 Å². The molecular formula is C16H19BrN2. The Kier molecular flexibility index (Phi) is 5.11. The standard InChI is InChI=1S/C16H19BrN2/c1-12-5-3-4-6-14(12)9-16(18-2)8-13-7-15(17)11-19-10-13/h3-7,10-11,16,18H,8-9H2,1-2H3. The molecule has 0 fully saturated rings. The van der Waals surface area contributed by atoms with Crippen LogP contribution in [0.2, 0.25) is 0 Å². The Morgan fingerprint density at radius 1 is 1.21 bits per heavy atom. The summed E-state index contributed by atoms with van der Waals surface area (Å²) in [7, 11) is 2.02. The van der Waals surface area contributed by atoms with Crippen molar-refractivity contribution in [2.24, 2.45) is 0 Å². The van der Waals surface area contributed by atoms with Crippen LogP contribution in [-0.2, 0) is 12.8 Å². The van der Waals surface area contributed by atoms with E-state index in [2.05, 4.69) is 63.5 Å². The van der Waals surface area contributed by atoms with Crippen molar-refractivity contribution >= 4 is 15.9 Å². The first kappa shape index (κ1) is 14.2. The van der Waals surface area contributed by atoms with Crippen molar-refractivity contribution in [1.82, 2.24) is 10.3 Å². The number of nitrogens with one attached hydrogen (secondary N) is 1. The quantitative estimate of drug-likeness (QED) is 0.912. The molecule has 2 aromatic rings. The fourth-order valence-corrected chi connectivity index (χ4v) is 2.65. The summed E-state index contributed by atoms with van der Waals surface area (Å²) in [4.78, 5) is 4.22. The third-order valence-electron chi connectivity index (χ3n) is 3.38. The van der Waals surface area contributed by atoms with Gasteiger partial charge in [0.2, 0.25) is 0 Å². The summed E-state index contributed by atoms with van der Waals surface area (Å²) in [5.41, 5.74) is 4.02. The van der Waals surface area contributed by atoms with Crippen molar-refractivity contribution < 1.29 is 0 Å². The molecule has 0 aliphatic rings. The van der Waals surface area contributed by atoms with Crippen LogP contribution in [0.5, 0.6) is 0 Å². The summed E-state index contributed by atoms with van der Waals surface area (Å²) in [6.07, 6.45) is 5.78. The van der Waals surface area contributed by atoms with E-state index in [0.717, 1.165) is 17.3 Å². The Hall–Kier alpha value is -1.19. The number of benzene rings is 1. The molecule has 0 bridgehead atoms. The fourth-order valence-electron chi connectivity index (χ4n) is 2.23. The third-order valence-corrected chi connectivity index (χ3v) is 3.81. The molecular weight excluding hydrogens is 300 g/mol. The average molecular weight is 319 g/mol. The molecule has 0 radical (unpaired) electrons. The van der Waals surface area contributed by atoms with Crippen LogP contribution >= 0.6 is 15.9 Å². The highest BCUT2D eigenvalue weighted by Gasteiger charge is 2.10. The summed E-state index contributed by atoms with van der Waals surface area (Å²) in [5, 5.41) is 3.40. The number of halogens is 1. The van der Waals surface area contributed by atoms with Gasteiger partial charge in [-0.2, -0.15) is 0 Å². The summed E-state index contributed by atoms with van der Waals surface area (Å²) in [6.45, 7) is 2.17. The Bertz CT molecular complexity index is 540. The van der Waals surface area contributed by atoms with Gasteiger partial charge in [-0.1, -0.05) is 24.3 Å². The van der Waals surface area contributed by atoms with Gasteiger partial charge in [0, 0.05) is 22.9 Å². The normalized spacial score (nSPS) is 12.4. The Morgan fingerprint density at radius 2 is 2.00 bits per heavy atom. The maximum Gasteiger partial charge on any atom is 0.0410 e. The molecule has 100 valence electrons. The molecule has 2 nitrogen and oxygen atoms in total. The lowest BCUT2D eigenvalue weighted by atomic mass is 9.97. The third kappa shape index (κ3) is 4.15. The number of aryl methyl sites for hydroxylation is 1. The van der Waals surface area contributed by atoms with Crippen molar-refractivity contribution in [3.8, 4) is 0 Å². The van der Waals surface area contributed by atoms with Crippen LogP contribution in [0.3, 0.4) is 0 Å². The highest BCUT2D eigenvalue weighted by molar-refractivity contribution is 9.10. The molecule has 2 rings (SSSR count). The second-order valence-corrected chi connectivity index (χ2v) is 5.75. The number of rotatable bonds is 5. The van der Waals surface area contributed by atoms with Gasteiger partial charge in [0.05, 0.1) is 0 Å². The van der Waals surface area contributed by atoms with Crippen molar-refractivity contribution in [2.45, 2.75) is 25.8 Å². The lowest BCUT2D eigenvalue weighted by Crippen LogP contribution is -2.30. The van der Waals surface area contributed by atoms with Crippen LogP contribution in [0.25, 0.3) is 0 Å². The van der Waals surface area contributed by atoms with E-state index in [1.165, 1.54) is 16.7 Å². The van der Waals surface area contributed by atoms with E-state index in [9.17, 15) is 0 Å². The topological polar surface area (TPSA) is 24.9 Å². The van der Waals surface area contributed by atoms with Crippen LogP contribution in [0.15, 0.2) is 47.2 Å². The number of nitrogens with zero attached hydrogens (tertiary/aromatic N) is 1. The molecule has 0 aliphatic heterocycles. The molecule has 0 spiro atoms. The Labute approximate surface area is 123 Å². The van der Waals surface area contributed by atoms with Crippen molar-refractivity contribution in [3.05, 3.63) is 63.9 Å². The van der Waals surface area contributed by atoms with Crippen LogP contribution in [0.1, 0.15) is 16.7 Å². The van der Waals surface area contributed by atoms with Gasteiger partial charge in [-0.05, 0) is 65.5 Å². The first-order valence-corrected chi connectivity index (χ1v) is 7.29. The lowest BCUT2D eigenvalue weighted by molar-refractivity contribution is 0.554. The number of pyridine rings is 1. The molecule has 1 atom stereocenters. The molecule has 1 N–H and O–H groups in total. The van der Waals surface area contributed by atoms with Crippen LogP contribution in [0, 0.1) is 6.92 Å². The SMILES string of the molecule is CNC(Cc1cncc(Br)c1)Cc1ccccc1C.